The van der Waals surface area contributed by atoms with Crippen molar-refractivity contribution < 1.29 is 8.42 Å². The summed E-state index contributed by atoms with van der Waals surface area (Å²) in [5, 5.41) is 0. The van der Waals surface area contributed by atoms with Gasteiger partial charge < -0.3 is 0 Å². The summed E-state index contributed by atoms with van der Waals surface area (Å²) in [5.74, 6) is 0.283. The van der Waals surface area contributed by atoms with Crippen LogP contribution in [0.2, 0.25) is 0 Å². The van der Waals surface area contributed by atoms with E-state index in [1.165, 1.54) is 0 Å². The van der Waals surface area contributed by atoms with Gasteiger partial charge in [0.2, 0.25) is 0 Å². The van der Waals surface area contributed by atoms with E-state index in [-0.39, 0.29) is 16.2 Å². The average Bonchev–Trinajstić information content (AvgIpc) is 2.07. The zero-order chi connectivity index (χ0) is 13.0. The fourth-order valence-corrected chi connectivity index (χ4v) is 1.93. The molecule has 4 heteroatoms. The van der Waals surface area contributed by atoms with E-state index in [1.54, 1.807) is 12.2 Å². The molecule has 0 amide bonds. The van der Waals surface area contributed by atoms with Crippen molar-refractivity contribution >= 4 is 19.7 Å². The highest BCUT2D eigenvalue weighted by Gasteiger charge is 2.18. The van der Waals surface area contributed by atoms with Crippen LogP contribution in [0.3, 0.4) is 0 Å². The van der Waals surface area contributed by atoms with Crippen LogP contribution >= 0.6 is 10.7 Å². The lowest BCUT2D eigenvalue weighted by molar-refractivity contribution is 0.314. The van der Waals surface area contributed by atoms with Gasteiger partial charge >= 0.3 is 0 Å². The van der Waals surface area contributed by atoms with Crippen LogP contribution in [-0.4, -0.2) is 8.42 Å². The molecule has 0 saturated carbocycles. The lowest BCUT2D eigenvalue weighted by atomic mass is 9.82. The standard InChI is InChI=1S/C12H21ClO2S/c1-6-7-11(16(13,14)15)9-8-10(2)12(3,4)5/h7-10H,6H2,1-5H3/b9-8-,11-7+. The van der Waals surface area contributed by atoms with Crippen molar-refractivity contribution in [2.45, 2.75) is 41.0 Å². The molecule has 0 N–H and O–H groups in total. The average molecular weight is 265 g/mol. The first kappa shape index (κ1) is 15.7. The predicted octanol–water partition coefficient (Wildman–Crippen LogP) is 4.09. The molecule has 0 aliphatic heterocycles. The van der Waals surface area contributed by atoms with Crippen LogP contribution in [0.1, 0.15) is 41.0 Å². The first-order chi connectivity index (χ1) is 7.09. The minimum absolute atomic E-state index is 0.115. The monoisotopic (exact) mass is 264 g/mol. The number of halogens is 1. The van der Waals surface area contributed by atoms with Gasteiger partial charge in [-0.15, -0.1) is 0 Å². The highest BCUT2D eigenvalue weighted by Crippen LogP contribution is 2.27. The van der Waals surface area contributed by atoms with Gasteiger partial charge in [-0.25, -0.2) is 8.42 Å². The molecule has 0 rings (SSSR count). The molecule has 1 atom stereocenters. The summed E-state index contributed by atoms with van der Waals surface area (Å²) in [7, 11) is 1.71. The molecular formula is C12H21ClO2S. The summed E-state index contributed by atoms with van der Waals surface area (Å²) in [6.45, 7) is 10.3. The van der Waals surface area contributed by atoms with Gasteiger partial charge in [-0.3, -0.25) is 0 Å². The Labute approximate surface area is 104 Å². The van der Waals surface area contributed by atoms with E-state index in [0.29, 0.717) is 6.42 Å². The third kappa shape index (κ3) is 5.71. The topological polar surface area (TPSA) is 34.1 Å². The third-order valence-corrected chi connectivity index (χ3v) is 4.00. The Morgan fingerprint density at radius 2 is 1.88 bits per heavy atom. The predicted molar refractivity (Wildman–Crippen MR) is 70.9 cm³/mol. The molecule has 0 bridgehead atoms. The van der Waals surface area contributed by atoms with Crippen molar-refractivity contribution in [3.8, 4) is 0 Å². The Morgan fingerprint density at radius 1 is 1.38 bits per heavy atom. The summed E-state index contributed by atoms with van der Waals surface area (Å²) in [4.78, 5) is 0.188. The molecule has 0 aromatic carbocycles. The molecule has 0 aliphatic rings. The summed E-state index contributed by atoms with van der Waals surface area (Å²) in [5.41, 5.74) is 0.115. The first-order valence-electron chi connectivity index (χ1n) is 5.42. The van der Waals surface area contributed by atoms with Gasteiger partial charge in [-0.05, 0) is 23.8 Å². The first-order valence-corrected chi connectivity index (χ1v) is 7.73. The van der Waals surface area contributed by atoms with Crippen molar-refractivity contribution in [2.75, 3.05) is 0 Å². The van der Waals surface area contributed by atoms with Crippen molar-refractivity contribution in [2.24, 2.45) is 11.3 Å². The van der Waals surface area contributed by atoms with Crippen LogP contribution < -0.4 is 0 Å². The van der Waals surface area contributed by atoms with Gasteiger partial charge in [0, 0.05) is 10.7 Å². The van der Waals surface area contributed by atoms with Gasteiger partial charge in [-0.1, -0.05) is 46.8 Å². The van der Waals surface area contributed by atoms with Crippen LogP contribution in [-0.2, 0) is 9.05 Å². The second-order valence-corrected chi connectivity index (χ2v) is 7.53. The highest BCUT2D eigenvalue weighted by atomic mass is 35.7. The molecule has 16 heavy (non-hydrogen) atoms. The van der Waals surface area contributed by atoms with E-state index in [9.17, 15) is 8.42 Å². The Hall–Kier alpha value is -0.280. The largest absolute Gasteiger partial charge is 0.260 e. The summed E-state index contributed by atoms with van der Waals surface area (Å²) in [6.07, 6.45) is 5.76. The maximum atomic E-state index is 11.2. The molecule has 1 unspecified atom stereocenters. The third-order valence-electron chi connectivity index (χ3n) is 2.60. The second kappa shape index (κ2) is 5.87. The summed E-state index contributed by atoms with van der Waals surface area (Å²) in [6, 6.07) is 0. The summed E-state index contributed by atoms with van der Waals surface area (Å²) < 4.78 is 22.5. The Morgan fingerprint density at radius 3 is 2.19 bits per heavy atom. The number of rotatable bonds is 4. The van der Waals surface area contributed by atoms with Crippen molar-refractivity contribution in [3.05, 3.63) is 23.1 Å². The molecule has 2 nitrogen and oxygen atoms in total. The number of hydrogen-bond donors (Lipinski definition) is 0. The van der Waals surface area contributed by atoms with E-state index in [1.807, 2.05) is 13.0 Å². The SMILES string of the molecule is CC/C=C(\C=C/C(C)C(C)(C)C)S(=O)(=O)Cl. The van der Waals surface area contributed by atoms with Crippen LogP contribution in [0.15, 0.2) is 23.1 Å². The van der Waals surface area contributed by atoms with Crippen LogP contribution in [0.25, 0.3) is 0 Å². The van der Waals surface area contributed by atoms with E-state index in [4.69, 9.17) is 10.7 Å². The fraction of sp³-hybridized carbons (Fsp3) is 0.667. The molecule has 0 saturated heterocycles. The molecule has 94 valence electrons. The van der Waals surface area contributed by atoms with Gasteiger partial charge in [0.1, 0.15) is 0 Å². The zero-order valence-electron chi connectivity index (χ0n) is 10.6. The van der Waals surface area contributed by atoms with Gasteiger partial charge in [0.25, 0.3) is 9.05 Å². The van der Waals surface area contributed by atoms with E-state index >= 15 is 0 Å². The molecule has 0 aliphatic carbocycles. The van der Waals surface area contributed by atoms with E-state index in [0.717, 1.165) is 0 Å². The van der Waals surface area contributed by atoms with E-state index in [2.05, 4.69) is 27.7 Å². The Balaban J connectivity index is 4.94. The fourth-order valence-electron chi connectivity index (χ4n) is 0.978. The molecule has 0 fully saturated rings. The highest BCUT2D eigenvalue weighted by molar-refractivity contribution is 8.17. The van der Waals surface area contributed by atoms with Gasteiger partial charge in [0.05, 0.1) is 4.91 Å². The molecule has 0 spiro atoms. The van der Waals surface area contributed by atoms with Crippen molar-refractivity contribution in [1.82, 2.24) is 0 Å². The van der Waals surface area contributed by atoms with Crippen LogP contribution in [0.5, 0.6) is 0 Å². The lowest BCUT2D eigenvalue weighted by Gasteiger charge is -2.24. The minimum Gasteiger partial charge on any atom is -0.207 e. The molecule has 0 aromatic heterocycles. The van der Waals surface area contributed by atoms with Gasteiger partial charge in [0.15, 0.2) is 0 Å². The van der Waals surface area contributed by atoms with Crippen LogP contribution in [0.4, 0.5) is 0 Å². The normalized spacial score (nSPS) is 16.8. The Bertz CT molecular complexity index is 372. The quantitative estimate of drug-likeness (QED) is 0.566. The van der Waals surface area contributed by atoms with Gasteiger partial charge in [-0.2, -0.15) is 0 Å². The zero-order valence-corrected chi connectivity index (χ0v) is 12.2. The van der Waals surface area contributed by atoms with Crippen molar-refractivity contribution in [1.29, 1.82) is 0 Å². The van der Waals surface area contributed by atoms with E-state index < -0.39 is 9.05 Å². The molecule has 0 heterocycles. The summed E-state index contributed by atoms with van der Waals surface area (Å²) >= 11 is 0. The lowest BCUT2D eigenvalue weighted by Crippen LogP contribution is -2.14. The van der Waals surface area contributed by atoms with Crippen molar-refractivity contribution in [3.63, 3.8) is 0 Å². The Kier molecular flexibility index (Phi) is 5.77. The molecule has 0 aromatic rings. The molecular weight excluding hydrogens is 244 g/mol. The second-order valence-electron chi connectivity index (χ2n) is 4.97. The smallest absolute Gasteiger partial charge is 0.207 e. The number of hydrogen-bond acceptors (Lipinski definition) is 2. The maximum absolute atomic E-state index is 11.2. The minimum atomic E-state index is -3.62. The maximum Gasteiger partial charge on any atom is 0.260 e. The molecule has 0 radical (unpaired) electrons. The number of allylic oxidation sites excluding steroid dienone is 3. The van der Waals surface area contributed by atoms with Crippen LogP contribution in [0, 0.1) is 11.3 Å².